The van der Waals surface area contributed by atoms with Gasteiger partial charge in [-0.2, -0.15) is 0 Å². The molecule has 2 aromatic carbocycles. The molecule has 0 saturated carbocycles. The average molecular weight is 486 g/mol. The highest BCUT2D eigenvalue weighted by Crippen LogP contribution is 2.38. The van der Waals surface area contributed by atoms with Gasteiger partial charge in [0, 0.05) is 52.9 Å². The van der Waals surface area contributed by atoms with Crippen molar-refractivity contribution in [2.75, 3.05) is 6.54 Å². The number of nitro groups is 1. The van der Waals surface area contributed by atoms with Crippen LogP contribution in [0.5, 0.6) is 0 Å². The number of H-pyrrole nitrogens is 1. The zero-order valence-corrected chi connectivity index (χ0v) is 19.4. The molecule has 36 heavy (non-hydrogen) atoms. The number of hydrogen-bond donors (Lipinski definition) is 4. The number of nitrogens with one attached hydrogen (secondary N) is 3. The molecule has 0 saturated heterocycles. The van der Waals surface area contributed by atoms with E-state index in [4.69, 9.17) is 5.73 Å². The summed E-state index contributed by atoms with van der Waals surface area (Å²) in [7, 11) is 0. The molecular weight excluding hydrogens is 462 g/mol. The van der Waals surface area contributed by atoms with Crippen molar-refractivity contribution in [2.24, 2.45) is 10.8 Å². The van der Waals surface area contributed by atoms with Gasteiger partial charge in [-0.3, -0.25) is 14.9 Å². The number of carbonyl (C=O) groups is 2. The van der Waals surface area contributed by atoms with E-state index in [1.807, 2.05) is 60.2 Å². The Bertz CT molecular complexity index is 1610. The lowest BCUT2D eigenvalue weighted by Crippen LogP contribution is -2.33. The predicted octanol–water partition coefficient (Wildman–Crippen LogP) is 2.48. The van der Waals surface area contributed by atoms with E-state index in [2.05, 4.69) is 20.7 Å². The summed E-state index contributed by atoms with van der Waals surface area (Å²) in [6.07, 6.45) is 4.23. The Balaban J connectivity index is 1.58. The number of guanidine groups is 1. The van der Waals surface area contributed by atoms with Gasteiger partial charge >= 0.3 is 0 Å². The van der Waals surface area contributed by atoms with Crippen molar-refractivity contribution in [3.8, 4) is 0 Å². The standard InChI is InChI=1S/C25H23N7O4/c1-14-6-4-8-16-18(13-31(22(14)16)11-5-10-27-25(26)30-32(35)36)21-20(23(33)29-24(21)34)17-12-28-19-9-3-2-7-15(17)19/h2-4,6-9,12-13,28H,5,10-11H2,1H3,(H3,26,27,30)(H,29,33,34). The number of nitrogens with zero attached hydrogens (tertiary/aromatic N) is 3. The number of nitrogens with two attached hydrogens (primary N) is 1. The van der Waals surface area contributed by atoms with E-state index in [0.29, 0.717) is 41.8 Å². The number of amides is 2. The number of carbonyl (C=O) groups excluding carboxylic acids is 2. The van der Waals surface area contributed by atoms with Gasteiger partial charge in [-0.15, -0.1) is 0 Å². The van der Waals surface area contributed by atoms with Crippen LogP contribution < -0.4 is 16.4 Å². The lowest BCUT2D eigenvalue weighted by molar-refractivity contribution is -0.485. The van der Waals surface area contributed by atoms with E-state index in [0.717, 1.165) is 27.4 Å². The summed E-state index contributed by atoms with van der Waals surface area (Å²) in [4.78, 5) is 39.7. The van der Waals surface area contributed by atoms with Gasteiger partial charge in [-0.1, -0.05) is 36.4 Å². The highest BCUT2D eigenvalue weighted by molar-refractivity contribution is 6.50. The first kappa shape index (κ1) is 22.8. The van der Waals surface area contributed by atoms with E-state index in [1.165, 1.54) is 0 Å². The maximum absolute atomic E-state index is 13.1. The number of rotatable bonds is 7. The van der Waals surface area contributed by atoms with Gasteiger partial charge in [0.1, 0.15) is 5.10 Å². The fourth-order valence-electron chi connectivity index (χ4n) is 4.76. The number of aryl methyl sites for hydroxylation is 2. The summed E-state index contributed by atoms with van der Waals surface area (Å²) >= 11 is 0. The molecule has 182 valence electrons. The molecule has 5 rings (SSSR count). The first-order valence-electron chi connectivity index (χ1n) is 11.3. The second kappa shape index (κ2) is 9.02. The zero-order chi connectivity index (χ0) is 25.4. The van der Waals surface area contributed by atoms with Crippen molar-refractivity contribution < 1.29 is 14.6 Å². The fourth-order valence-corrected chi connectivity index (χ4v) is 4.76. The number of aromatic nitrogens is 2. The summed E-state index contributed by atoms with van der Waals surface area (Å²) in [5.41, 5.74) is 10.3. The Kier molecular flexibility index (Phi) is 5.72. The minimum absolute atomic E-state index is 0.260. The van der Waals surface area contributed by atoms with E-state index < -0.39 is 16.8 Å². The largest absolute Gasteiger partial charge is 0.365 e. The minimum atomic E-state index is -0.857. The van der Waals surface area contributed by atoms with Gasteiger partial charge in [0.15, 0.2) is 5.03 Å². The summed E-state index contributed by atoms with van der Waals surface area (Å²) in [5.74, 6) is -1.13. The number of hydrogen-bond acceptors (Lipinski definition) is 4. The molecule has 4 aromatic rings. The van der Waals surface area contributed by atoms with Crippen molar-refractivity contribution in [2.45, 2.75) is 19.9 Å². The molecule has 0 aliphatic carbocycles. The Morgan fingerprint density at radius 1 is 1.08 bits per heavy atom. The number of fused-ring (bicyclic) bond motifs is 2. The van der Waals surface area contributed by atoms with E-state index in [1.54, 1.807) is 6.20 Å². The number of imide groups is 1. The Morgan fingerprint density at radius 2 is 1.81 bits per heavy atom. The maximum atomic E-state index is 13.1. The number of aromatic amines is 1. The summed E-state index contributed by atoms with van der Waals surface area (Å²) < 4.78 is 2.03. The van der Waals surface area contributed by atoms with Gasteiger partial charge in [0.2, 0.25) is 0 Å². The van der Waals surface area contributed by atoms with Crippen LogP contribution in [0.15, 0.2) is 60.0 Å². The number of hydrazone groups is 1. The smallest absolute Gasteiger partial charge is 0.266 e. The first-order chi connectivity index (χ1) is 17.3. The molecule has 11 heteroatoms. The van der Waals surface area contributed by atoms with E-state index in [9.17, 15) is 19.7 Å². The van der Waals surface area contributed by atoms with Crippen LogP contribution in [0, 0.1) is 17.0 Å². The summed E-state index contributed by atoms with van der Waals surface area (Å²) in [6.45, 7) is 2.90. The molecule has 0 atom stereocenters. The van der Waals surface area contributed by atoms with Crippen molar-refractivity contribution in [3.05, 3.63) is 81.7 Å². The zero-order valence-electron chi connectivity index (χ0n) is 19.4. The molecular formula is C25H23N7O4. The molecule has 11 nitrogen and oxygen atoms in total. The lowest BCUT2D eigenvalue weighted by Gasteiger charge is -2.08. The molecule has 3 heterocycles. The van der Waals surface area contributed by atoms with Crippen molar-refractivity contribution >= 4 is 50.7 Å². The topological polar surface area (TPSA) is 160 Å². The molecule has 1 aliphatic heterocycles. The molecule has 2 amide bonds. The second-order valence-corrected chi connectivity index (χ2v) is 8.49. The normalized spacial score (nSPS) is 14.2. The average Bonchev–Trinajstić information content (AvgIpc) is 3.49. The second-order valence-electron chi connectivity index (χ2n) is 8.49. The van der Waals surface area contributed by atoms with Crippen molar-refractivity contribution in [1.29, 1.82) is 0 Å². The fraction of sp³-hybridized carbons (Fsp3) is 0.160. The summed E-state index contributed by atoms with van der Waals surface area (Å²) in [5, 5.41) is 19.5. The van der Waals surface area contributed by atoms with Crippen LogP contribution in [-0.4, -0.2) is 38.9 Å². The maximum Gasteiger partial charge on any atom is 0.266 e. The molecule has 0 fully saturated rings. The molecule has 0 radical (unpaired) electrons. The van der Waals surface area contributed by atoms with Gasteiger partial charge in [0.05, 0.1) is 16.7 Å². The van der Waals surface area contributed by atoms with Crippen LogP contribution in [0.3, 0.4) is 0 Å². The first-order valence-corrected chi connectivity index (χ1v) is 11.3. The highest BCUT2D eigenvalue weighted by Gasteiger charge is 2.35. The summed E-state index contributed by atoms with van der Waals surface area (Å²) in [6, 6.07) is 13.5. The van der Waals surface area contributed by atoms with Crippen LogP contribution in [0.25, 0.3) is 33.0 Å². The third-order valence-corrected chi connectivity index (χ3v) is 6.23. The predicted molar refractivity (Wildman–Crippen MR) is 136 cm³/mol. The molecule has 2 aromatic heterocycles. The molecule has 0 spiro atoms. The molecule has 0 unspecified atom stereocenters. The van der Waals surface area contributed by atoms with Gasteiger partial charge in [-0.25, -0.2) is 10.1 Å². The third-order valence-electron chi connectivity index (χ3n) is 6.23. The minimum Gasteiger partial charge on any atom is -0.365 e. The van der Waals surface area contributed by atoms with E-state index >= 15 is 0 Å². The SMILES string of the molecule is Cc1cccc2c(C3=C(c4c[nH]c5ccccc45)C(=O)NC3=O)cn(CCCNC(N)=N[N+](=O)[O-])c12. The van der Waals surface area contributed by atoms with Gasteiger partial charge in [0.25, 0.3) is 17.8 Å². The number of para-hydroxylation sites is 2. The van der Waals surface area contributed by atoms with Crippen molar-refractivity contribution in [1.82, 2.24) is 20.2 Å². The third kappa shape index (κ3) is 3.96. The Labute approximate surface area is 204 Å². The van der Waals surface area contributed by atoms with Crippen LogP contribution >= 0.6 is 0 Å². The van der Waals surface area contributed by atoms with Crippen molar-refractivity contribution in [3.63, 3.8) is 0 Å². The van der Waals surface area contributed by atoms with Crippen LogP contribution in [0.2, 0.25) is 0 Å². The van der Waals surface area contributed by atoms with Crippen LogP contribution in [0.1, 0.15) is 23.1 Å². The van der Waals surface area contributed by atoms with Crippen LogP contribution in [-0.2, 0) is 16.1 Å². The molecule has 1 aliphatic rings. The monoisotopic (exact) mass is 485 g/mol. The van der Waals surface area contributed by atoms with Gasteiger partial charge < -0.3 is 20.6 Å². The Hall–Kier alpha value is -4.93. The van der Waals surface area contributed by atoms with E-state index in [-0.39, 0.29) is 5.96 Å². The number of benzene rings is 2. The Morgan fingerprint density at radius 3 is 2.58 bits per heavy atom. The molecule has 5 N–H and O–H groups in total. The molecule has 0 bridgehead atoms. The van der Waals surface area contributed by atoms with Gasteiger partial charge in [-0.05, 0) is 25.0 Å². The highest BCUT2D eigenvalue weighted by atomic mass is 16.7. The van der Waals surface area contributed by atoms with Crippen LogP contribution in [0.4, 0.5) is 0 Å². The lowest BCUT2D eigenvalue weighted by atomic mass is 9.95. The quantitative estimate of drug-likeness (QED) is 0.0785.